The third-order valence-corrected chi connectivity index (χ3v) is 7.01. The lowest BCUT2D eigenvalue weighted by atomic mass is 10.0. The fourth-order valence-corrected chi connectivity index (χ4v) is 5.56. The molecule has 0 amide bonds. The fraction of sp³-hybridized carbons (Fsp3) is 0.0370. The van der Waals surface area contributed by atoms with E-state index in [1.807, 2.05) is 23.5 Å². The van der Waals surface area contributed by atoms with Gasteiger partial charge in [-0.1, -0.05) is 121 Å². The van der Waals surface area contributed by atoms with Crippen molar-refractivity contribution in [3.63, 3.8) is 0 Å². The van der Waals surface area contributed by atoms with Gasteiger partial charge in [0.05, 0.1) is 10.5 Å². The highest BCUT2D eigenvalue weighted by molar-refractivity contribution is 8.18. The Kier molecular flexibility index (Phi) is 7.12. The number of hydrogen-bond acceptors (Lipinski definition) is 2. The Morgan fingerprint density at radius 1 is 0.379 bits per heavy atom. The van der Waals surface area contributed by atoms with Crippen LogP contribution in [0.3, 0.4) is 0 Å². The Hall–Kier alpha value is -2.42. The summed E-state index contributed by atoms with van der Waals surface area (Å²) in [6, 6.07) is 42.7. The smallest absolute Gasteiger partial charge is 0.0894 e. The van der Waals surface area contributed by atoms with Gasteiger partial charge in [0.2, 0.25) is 0 Å². The molecule has 0 saturated heterocycles. The lowest BCUT2D eigenvalue weighted by molar-refractivity contribution is 1.38. The standard InChI is InChI=1S/C27H22S2/c1-5-13-22(14-6-1)26(23-15-7-2-8-16-23)28-21-29-27(24-17-9-3-10-18-24)25-19-11-4-12-20-25/h1-20H,21H2. The molecule has 29 heavy (non-hydrogen) atoms. The van der Waals surface area contributed by atoms with Crippen molar-refractivity contribution in [3.8, 4) is 0 Å². The molecule has 0 unspecified atom stereocenters. The molecule has 0 aromatic heterocycles. The zero-order valence-electron chi connectivity index (χ0n) is 16.1. The van der Waals surface area contributed by atoms with Crippen LogP contribution in [0.15, 0.2) is 121 Å². The third-order valence-electron chi connectivity index (χ3n) is 4.55. The van der Waals surface area contributed by atoms with Crippen molar-refractivity contribution in [1.82, 2.24) is 0 Å². The number of rotatable bonds is 8. The van der Waals surface area contributed by atoms with E-state index >= 15 is 0 Å². The van der Waals surface area contributed by atoms with Crippen LogP contribution in [-0.4, -0.2) is 5.08 Å². The van der Waals surface area contributed by atoms with Gasteiger partial charge in [-0.15, -0.1) is 23.5 Å². The average Bonchev–Trinajstić information content (AvgIpc) is 2.81. The maximum atomic E-state index is 2.19. The highest BCUT2D eigenvalue weighted by Crippen LogP contribution is 2.41. The summed E-state index contributed by atoms with van der Waals surface area (Å²) >= 11 is 3.81. The molecule has 0 bridgehead atoms. The van der Waals surface area contributed by atoms with Gasteiger partial charge in [-0.25, -0.2) is 0 Å². The first-order valence-electron chi connectivity index (χ1n) is 9.63. The summed E-state index contributed by atoms with van der Waals surface area (Å²) in [5.41, 5.74) is 5.08. The Morgan fingerprint density at radius 2 is 0.621 bits per heavy atom. The normalized spacial score (nSPS) is 11.1. The van der Waals surface area contributed by atoms with Crippen molar-refractivity contribution in [2.45, 2.75) is 0 Å². The van der Waals surface area contributed by atoms with Gasteiger partial charge in [0.1, 0.15) is 0 Å². The molecular formula is C27H22S2. The summed E-state index contributed by atoms with van der Waals surface area (Å²) in [5.74, 6) is 0. The molecule has 0 aliphatic rings. The van der Waals surface area contributed by atoms with Crippen LogP contribution >= 0.6 is 23.5 Å². The van der Waals surface area contributed by atoms with Gasteiger partial charge in [0, 0.05) is 5.08 Å². The lowest BCUT2D eigenvalue weighted by Gasteiger charge is -2.20. The topological polar surface area (TPSA) is 0 Å². The van der Waals surface area contributed by atoms with Gasteiger partial charge in [-0.2, -0.15) is 0 Å². The summed E-state index contributed by atoms with van der Waals surface area (Å²) in [7, 11) is 0. The van der Waals surface area contributed by atoms with Crippen LogP contribution in [0.1, 0.15) is 22.3 Å². The fourth-order valence-electron chi connectivity index (χ4n) is 3.17. The van der Waals surface area contributed by atoms with Gasteiger partial charge in [-0.05, 0) is 22.3 Å². The maximum absolute atomic E-state index is 2.19. The molecule has 2 radical (unpaired) electrons. The minimum Gasteiger partial charge on any atom is -0.132 e. The first kappa shape index (κ1) is 19.9. The molecule has 0 N–H and O–H groups in total. The quantitative estimate of drug-likeness (QED) is 0.273. The number of thioether (sulfide) groups is 2. The van der Waals surface area contributed by atoms with Crippen molar-refractivity contribution in [1.29, 1.82) is 0 Å². The van der Waals surface area contributed by atoms with Crippen LogP contribution in [0.25, 0.3) is 0 Å². The third kappa shape index (κ3) is 5.35. The molecule has 0 aliphatic carbocycles. The Balaban J connectivity index is 1.53. The Morgan fingerprint density at radius 3 is 0.862 bits per heavy atom. The molecule has 142 valence electrons. The summed E-state index contributed by atoms with van der Waals surface area (Å²) in [6.07, 6.45) is 0. The van der Waals surface area contributed by atoms with E-state index in [2.05, 4.69) is 121 Å². The van der Waals surface area contributed by atoms with E-state index < -0.39 is 0 Å². The molecule has 4 aromatic rings. The summed E-state index contributed by atoms with van der Waals surface area (Å²) in [6.45, 7) is 0. The molecular weight excluding hydrogens is 388 g/mol. The highest BCUT2D eigenvalue weighted by atomic mass is 32.2. The zero-order valence-corrected chi connectivity index (χ0v) is 17.7. The van der Waals surface area contributed by atoms with E-state index in [9.17, 15) is 0 Å². The van der Waals surface area contributed by atoms with Crippen molar-refractivity contribution >= 4 is 23.5 Å². The second kappa shape index (κ2) is 10.4. The molecule has 0 aliphatic heterocycles. The van der Waals surface area contributed by atoms with E-state index in [-0.39, 0.29) is 0 Å². The van der Waals surface area contributed by atoms with Gasteiger partial charge in [-0.3, -0.25) is 0 Å². The van der Waals surface area contributed by atoms with Crippen molar-refractivity contribution in [2.75, 3.05) is 5.08 Å². The summed E-state index contributed by atoms with van der Waals surface area (Å²) < 4.78 is 0. The zero-order chi connectivity index (χ0) is 19.7. The Labute approximate surface area is 182 Å². The molecule has 0 heterocycles. The van der Waals surface area contributed by atoms with Gasteiger partial charge in [0.15, 0.2) is 0 Å². The van der Waals surface area contributed by atoms with E-state index in [0.29, 0.717) is 0 Å². The van der Waals surface area contributed by atoms with E-state index in [1.54, 1.807) is 0 Å². The van der Waals surface area contributed by atoms with E-state index in [0.717, 1.165) is 5.08 Å². The van der Waals surface area contributed by atoms with Crippen LogP contribution in [-0.2, 0) is 0 Å². The minimum absolute atomic E-state index is 0.943. The van der Waals surface area contributed by atoms with Gasteiger partial charge in [0.25, 0.3) is 0 Å². The van der Waals surface area contributed by atoms with Gasteiger partial charge < -0.3 is 0 Å². The predicted molar refractivity (Wildman–Crippen MR) is 129 cm³/mol. The van der Waals surface area contributed by atoms with Crippen molar-refractivity contribution in [3.05, 3.63) is 154 Å². The lowest BCUT2D eigenvalue weighted by Crippen LogP contribution is -2.01. The Bertz CT molecular complexity index is 808. The molecule has 0 fully saturated rings. The molecule has 2 heteroatoms. The maximum Gasteiger partial charge on any atom is 0.0894 e. The molecule has 0 saturated carbocycles. The molecule has 4 aromatic carbocycles. The minimum atomic E-state index is 0.943. The van der Waals surface area contributed by atoms with Crippen LogP contribution in [0.2, 0.25) is 0 Å². The first-order valence-corrected chi connectivity index (χ1v) is 11.6. The largest absolute Gasteiger partial charge is 0.132 e. The molecule has 0 spiro atoms. The number of hydrogen-bond donors (Lipinski definition) is 0. The SMILES string of the molecule is c1ccc([C](SCS[C](c2ccccc2)c2ccccc2)c2ccccc2)cc1. The van der Waals surface area contributed by atoms with E-state index in [4.69, 9.17) is 0 Å². The second-order valence-corrected chi connectivity index (χ2v) is 8.87. The van der Waals surface area contributed by atoms with Crippen LogP contribution < -0.4 is 0 Å². The average molecular weight is 411 g/mol. The molecule has 0 nitrogen and oxygen atoms in total. The monoisotopic (exact) mass is 410 g/mol. The highest BCUT2D eigenvalue weighted by Gasteiger charge is 2.19. The van der Waals surface area contributed by atoms with Crippen LogP contribution in [0.5, 0.6) is 0 Å². The molecule has 4 rings (SSSR count). The first-order chi connectivity index (χ1) is 14.4. The van der Waals surface area contributed by atoms with Gasteiger partial charge >= 0.3 is 0 Å². The van der Waals surface area contributed by atoms with Crippen molar-refractivity contribution < 1.29 is 0 Å². The van der Waals surface area contributed by atoms with Crippen molar-refractivity contribution in [2.24, 2.45) is 0 Å². The van der Waals surface area contributed by atoms with E-state index in [1.165, 1.54) is 32.8 Å². The van der Waals surface area contributed by atoms with Crippen LogP contribution in [0, 0.1) is 10.5 Å². The predicted octanol–water partition coefficient (Wildman–Crippen LogP) is 7.67. The van der Waals surface area contributed by atoms with Crippen LogP contribution in [0.4, 0.5) is 0 Å². The summed E-state index contributed by atoms with van der Waals surface area (Å²) in [4.78, 5) is 0. The number of benzene rings is 4. The summed E-state index contributed by atoms with van der Waals surface area (Å²) in [5, 5.41) is 3.58. The second-order valence-electron chi connectivity index (χ2n) is 6.53. The molecule has 0 atom stereocenters.